The van der Waals surface area contributed by atoms with E-state index < -0.39 is 0 Å². The summed E-state index contributed by atoms with van der Waals surface area (Å²) in [5.41, 5.74) is 11.4. The SMILES string of the molecule is COc1cccc(C(=O)NCCCC(N)=O)c1N. The summed E-state index contributed by atoms with van der Waals surface area (Å²) in [7, 11) is 1.49. The summed E-state index contributed by atoms with van der Waals surface area (Å²) in [6.45, 7) is 0.373. The van der Waals surface area contributed by atoms with E-state index in [9.17, 15) is 9.59 Å². The van der Waals surface area contributed by atoms with Gasteiger partial charge in [0.05, 0.1) is 18.4 Å². The molecule has 0 fully saturated rings. The number of hydrogen-bond donors (Lipinski definition) is 3. The number of carbonyl (C=O) groups excluding carboxylic acids is 2. The Hall–Kier alpha value is -2.24. The number of carbonyl (C=O) groups is 2. The molecule has 6 nitrogen and oxygen atoms in total. The quantitative estimate of drug-likeness (QED) is 0.498. The van der Waals surface area contributed by atoms with Gasteiger partial charge in [-0.2, -0.15) is 0 Å². The van der Waals surface area contributed by atoms with Crippen LogP contribution in [0.1, 0.15) is 23.2 Å². The zero-order valence-corrected chi connectivity index (χ0v) is 10.2. The van der Waals surface area contributed by atoms with E-state index in [1.165, 1.54) is 7.11 Å². The summed E-state index contributed by atoms with van der Waals surface area (Å²) in [6, 6.07) is 4.98. The van der Waals surface area contributed by atoms with E-state index in [0.29, 0.717) is 30.0 Å². The van der Waals surface area contributed by atoms with Crippen LogP contribution in [0.5, 0.6) is 5.75 Å². The fourth-order valence-electron chi connectivity index (χ4n) is 1.48. The fourth-order valence-corrected chi connectivity index (χ4v) is 1.48. The highest BCUT2D eigenvalue weighted by Crippen LogP contribution is 2.24. The van der Waals surface area contributed by atoms with Crippen molar-refractivity contribution in [3.8, 4) is 5.75 Å². The third kappa shape index (κ3) is 3.65. The van der Waals surface area contributed by atoms with Crippen LogP contribution in [0, 0.1) is 0 Å². The Morgan fingerprint density at radius 3 is 2.72 bits per heavy atom. The molecule has 0 saturated carbocycles. The van der Waals surface area contributed by atoms with Crippen molar-refractivity contribution in [2.45, 2.75) is 12.8 Å². The van der Waals surface area contributed by atoms with Crippen molar-refractivity contribution in [1.29, 1.82) is 0 Å². The second-order valence-corrected chi connectivity index (χ2v) is 3.75. The molecule has 0 aliphatic heterocycles. The predicted molar refractivity (Wildman–Crippen MR) is 68.2 cm³/mol. The highest BCUT2D eigenvalue weighted by atomic mass is 16.5. The summed E-state index contributed by atoms with van der Waals surface area (Å²) in [5.74, 6) is -0.221. The highest BCUT2D eigenvalue weighted by Gasteiger charge is 2.12. The van der Waals surface area contributed by atoms with Crippen LogP contribution in [-0.4, -0.2) is 25.5 Å². The van der Waals surface area contributed by atoms with Gasteiger partial charge in [0.15, 0.2) is 0 Å². The number of benzene rings is 1. The first-order valence-electron chi connectivity index (χ1n) is 5.55. The zero-order valence-electron chi connectivity index (χ0n) is 10.2. The Morgan fingerprint density at radius 1 is 1.39 bits per heavy atom. The first kappa shape index (κ1) is 13.8. The smallest absolute Gasteiger partial charge is 0.253 e. The van der Waals surface area contributed by atoms with Gasteiger partial charge in [0.2, 0.25) is 5.91 Å². The molecule has 98 valence electrons. The number of amides is 2. The molecule has 5 N–H and O–H groups in total. The van der Waals surface area contributed by atoms with E-state index in [4.69, 9.17) is 16.2 Å². The third-order valence-corrected chi connectivity index (χ3v) is 2.42. The third-order valence-electron chi connectivity index (χ3n) is 2.42. The van der Waals surface area contributed by atoms with Crippen LogP contribution in [0.2, 0.25) is 0 Å². The van der Waals surface area contributed by atoms with Gasteiger partial charge in [0.25, 0.3) is 5.91 Å². The molecule has 18 heavy (non-hydrogen) atoms. The van der Waals surface area contributed by atoms with Crippen molar-refractivity contribution in [2.75, 3.05) is 19.4 Å². The van der Waals surface area contributed by atoms with E-state index in [-0.39, 0.29) is 18.2 Å². The largest absolute Gasteiger partial charge is 0.495 e. The van der Waals surface area contributed by atoms with Crippen LogP contribution in [0.4, 0.5) is 5.69 Å². The minimum Gasteiger partial charge on any atom is -0.495 e. The van der Waals surface area contributed by atoms with Gasteiger partial charge in [0.1, 0.15) is 5.75 Å². The summed E-state index contributed by atoms with van der Waals surface area (Å²) >= 11 is 0. The van der Waals surface area contributed by atoms with E-state index in [1.54, 1.807) is 18.2 Å². The monoisotopic (exact) mass is 251 g/mol. The number of methoxy groups -OCH3 is 1. The second kappa shape index (κ2) is 6.48. The predicted octanol–water partition coefficient (Wildman–Crippen LogP) is 0.273. The van der Waals surface area contributed by atoms with Gasteiger partial charge in [-0.1, -0.05) is 6.07 Å². The normalized spacial score (nSPS) is 9.83. The van der Waals surface area contributed by atoms with Gasteiger partial charge < -0.3 is 21.5 Å². The van der Waals surface area contributed by atoms with Crippen molar-refractivity contribution in [3.63, 3.8) is 0 Å². The van der Waals surface area contributed by atoms with Crippen LogP contribution < -0.4 is 21.5 Å². The summed E-state index contributed by atoms with van der Waals surface area (Å²) < 4.78 is 5.03. The molecule has 0 heterocycles. The Kier molecular flexibility index (Phi) is 4.98. The van der Waals surface area contributed by atoms with Crippen molar-refractivity contribution < 1.29 is 14.3 Å². The van der Waals surface area contributed by atoms with E-state index in [0.717, 1.165) is 0 Å². The lowest BCUT2D eigenvalue weighted by atomic mass is 10.1. The molecule has 0 unspecified atom stereocenters. The number of nitrogen functional groups attached to an aromatic ring is 1. The molecule has 0 spiro atoms. The number of para-hydroxylation sites is 1. The molecule has 1 aromatic carbocycles. The van der Waals surface area contributed by atoms with Crippen molar-refractivity contribution >= 4 is 17.5 Å². The average Bonchev–Trinajstić information content (AvgIpc) is 2.34. The highest BCUT2D eigenvalue weighted by molar-refractivity contribution is 6.00. The maximum atomic E-state index is 11.8. The molecule has 1 aromatic rings. The van der Waals surface area contributed by atoms with Crippen LogP contribution >= 0.6 is 0 Å². The summed E-state index contributed by atoms with van der Waals surface area (Å²) in [6.07, 6.45) is 0.749. The van der Waals surface area contributed by atoms with Crippen molar-refractivity contribution in [2.24, 2.45) is 5.73 Å². The minimum absolute atomic E-state index is 0.244. The lowest BCUT2D eigenvalue weighted by Gasteiger charge is -2.10. The number of rotatable bonds is 6. The summed E-state index contributed by atoms with van der Waals surface area (Å²) in [4.78, 5) is 22.3. The molecule has 0 radical (unpaired) electrons. The Labute approximate surface area is 105 Å². The number of ether oxygens (including phenoxy) is 1. The molecular formula is C12H17N3O3. The fraction of sp³-hybridized carbons (Fsp3) is 0.333. The molecule has 0 saturated heterocycles. The molecule has 0 atom stereocenters. The average molecular weight is 251 g/mol. The van der Waals surface area contributed by atoms with Crippen molar-refractivity contribution in [3.05, 3.63) is 23.8 Å². The molecule has 0 aliphatic carbocycles. The molecule has 1 rings (SSSR count). The lowest BCUT2D eigenvalue weighted by molar-refractivity contribution is -0.118. The van der Waals surface area contributed by atoms with E-state index in [1.807, 2.05) is 0 Å². The van der Waals surface area contributed by atoms with Gasteiger partial charge in [-0.15, -0.1) is 0 Å². The number of nitrogens with one attached hydrogen (secondary N) is 1. The zero-order chi connectivity index (χ0) is 13.5. The van der Waals surface area contributed by atoms with Crippen LogP contribution in [-0.2, 0) is 4.79 Å². The Bertz CT molecular complexity index is 446. The van der Waals surface area contributed by atoms with E-state index in [2.05, 4.69) is 5.32 Å². The van der Waals surface area contributed by atoms with Crippen molar-refractivity contribution in [1.82, 2.24) is 5.32 Å². The van der Waals surface area contributed by atoms with Gasteiger partial charge in [-0.05, 0) is 18.6 Å². The second-order valence-electron chi connectivity index (χ2n) is 3.75. The maximum Gasteiger partial charge on any atom is 0.253 e. The Morgan fingerprint density at radius 2 is 2.11 bits per heavy atom. The standard InChI is InChI=1S/C12H17N3O3/c1-18-9-5-2-4-8(11(9)14)12(17)15-7-3-6-10(13)16/h2,4-5H,3,6-7,14H2,1H3,(H2,13,16)(H,15,17). The van der Waals surface area contributed by atoms with Gasteiger partial charge in [-0.25, -0.2) is 0 Å². The number of primary amides is 1. The first-order chi connectivity index (χ1) is 8.56. The van der Waals surface area contributed by atoms with Crippen LogP contribution in [0.25, 0.3) is 0 Å². The van der Waals surface area contributed by atoms with Gasteiger partial charge in [-0.3, -0.25) is 9.59 Å². The number of hydrogen-bond acceptors (Lipinski definition) is 4. The molecule has 6 heteroatoms. The van der Waals surface area contributed by atoms with Gasteiger partial charge >= 0.3 is 0 Å². The van der Waals surface area contributed by atoms with E-state index >= 15 is 0 Å². The van der Waals surface area contributed by atoms with Crippen LogP contribution in [0.15, 0.2) is 18.2 Å². The molecule has 0 aliphatic rings. The topological polar surface area (TPSA) is 107 Å². The molecule has 2 amide bonds. The summed E-state index contributed by atoms with van der Waals surface area (Å²) in [5, 5.41) is 2.66. The van der Waals surface area contributed by atoms with Gasteiger partial charge in [0, 0.05) is 13.0 Å². The molecule has 0 aromatic heterocycles. The molecular weight excluding hydrogens is 234 g/mol. The lowest BCUT2D eigenvalue weighted by Crippen LogP contribution is -2.26. The Balaban J connectivity index is 2.59. The minimum atomic E-state index is -0.384. The maximum absolute atomic E-state index is 11.8. The number of nitrogens with two attached hydrogens (primary N) is 2. The van der Waals surface area contributed by atoms with Crippen LogP contribution in [0.3, 0.4) is 0 Å². The number of anilines is 1. The molecule has 0 bridgehead atoms. The first-order valence-corrected chi connectivity index (χ1v) is 5.55.